The second-order valence-corrected chi connectivity index (χ2v) is 2.32. The molecule has 0 unspecified atom stereocenters. The van der Waals surface area contributed by atoms with Gasteiger partial charge in [-0.2, -0.15) is 0 Å². The van der Waals surface area contributed by atoms with Crippen LogP contribution in [0, 0.1) is 26.2 Å². The second kappa shape index (κ2) is 2.63. The zero-order valence-electron chi connectivity index (χ0n) is 6.47. The first-order valence-corrected chi connectivity index (χ1v) is 3.23. The van der Waals surface area contributed by atoms with Crippen LogP contribution in [-0.4, -0.2) is 0 Å². The third kappa shape index (κ3) is 1.32. The molecular formula is C9H8O2. The molecule has 0 aliphatic carbocycles. The Labute approximate surface area is 64.9 Å². The first-order chi connectivity index (χ1) is 5.15. The molecule has 0 spiro atoms. The van der Waals surface area contributed by atoms with Crippen LogP contribution in [0.25, 0.3) is 0 Å². The van der Waals surface area contributed by atoms with Gasteiger partial charge in [0.25, 0.3) is 0 Å². The molecule has 0 bridgehead atoms. The zero-order valence-corrected chi connectivity index (χ0v) is 6.47. The highest BCUT2D eigenvalue weighted by Gasteiger charge is 2.01. The number of terminal acetylenes is 1. The smallest absolute Gasteiger partial charge is 0.336 e. The average molecular weight is 148 g/mol. The predicted octanol–water partition coefficient (Wildman–Crippen LogP) is 1.24. The largest absolute Gasteiger partial charge is 0.427 e. The summed E-state index contributed by atoms with van der Waals surface area (Å²) in [5.74, 6) is 2.97. The molecule has 0 amide bonds. The summed E-state index contributed by atoms with van der Waals surface area (Å²) in [4.78, 5) is 10.7. The third-order valence-corrected chi connectivity index (χ3v) is 1.48. The Morgan fingerprint density at radius 3 is 2.64 bits per heavy atom. The predicted molar refractivity (Wildman–Crippen MR) is 42.4 cm³/mol. The lowest BCUT2D eigenvalue weighted by atomic mass is 10.1. The molecule has 2 nitrogen and oxygen atoms in total. The van der Waals surface area contributed by atoms with Crippen LogP contribution in [0.2, 0.25) is 0 Å². The summed E-state index contributed by atoms with van der Waals surface area (Å²) >= 11 is 0. The van der Waals surface area contributed by atoms with Crippen LogP contribution in [0.4, 0.5) is 0 Å². The number of hydrogen-bond donors (Lipinski definition) is 0. The lowest BCUT2D eigenvalue weighted by molar-refractivity contribution is 0.477. The molecule has 1 aromatic rings. The van der Waals surface area contributed by atoms with Crippen molar-refractivity contribution in [1.82, 2.24) is 0 Å². The monoisotopic (exact) mass is 148 g/mol. The molecule has 56 valence electrons. The fraction of sp³-hybridized carbons (Fsp3) is 0.222. The van der Waals surface area contributed by atoms with E-state index in [9.17, 15) is 4.79 Å². The molecular weight excluding hydrogens is 140 g/mol. The summed E-state index contributed by atoms with van der Waals surface area (Å²) in [6.45, 7) is 3.47. The summed E-state index contributed by atoms with van der Waals surface area (Å²) in [6.07, 6.45) is 5.19. The van der Waals surface area contributed by atoms with Gasteiger partial charge in [0.05, 0.1) is 5.56 Å². The van der Waals surface area contributed by atoms with Crippen molar-refractivity contribution in [3.8, 4) is 12.3 Å². The van der Waals surface area contributed by atoms with Crippen molar-refractivity contribution in [2.75, 3.05) is 0 Å². The Hall–Kier alpha value is -1.49. The van der Waals surface area contributed by atoms with E-state index in [4.69, 9.17) is 10.8 Å². The highest BCUT2D eigenvalue weighted by atomic mass is 16.4. The maximum Gasteiger partial charge on any atom is 0.336 e. The maximum absolute atomic E-state index is 10.7. The minimum atomic E-state index is -0.348. The molecule has 2 heteroatoms. The minimum Gasteiger partial charge on any atom is -0.427 e. The van der Waals surface area contributed by atoms with Crippen LogP contribution in [0.15, 0.2) is 15.3 Å². The van der Waals surface area contributed by atoms with E-state index < -0.39 is 0 Å². The van der Waals surface area contributed by atoms with Gasteiger partial charge in [-0.25, -0.2) is 4.79 Å². The normalized spacial score (nSPS) is 9.18. The van der Waals surface area contributed by atoms with Gasteiger partial charge in [0.2, 0.25) is 0 Å². The van der Waals surface area contributed by atoms with E-state index in [0.29, 0.717) is 11.3 Å². The van der Waals surface area contributed by atoms with Gasteiger partial charge >= 0.3 is 5.63 Å². The SMILES string of the molecule is C#Cc1c(C)cc(=O)oc1C. The molecule has 0 aromatic carbocycles. The van der Waals surface area contributed by atoms with Crippen LogP contribution in [0.3, 0.4) is 0 Å². The molecule has 0 N–H and O–H groups in total. The van der Waals surface area contributed by atoms with Crippen molar-refractivity contribution in [3.05, 3.63) is 33.4 Å². The van der Waals surface area contributed by atoms with Crippen LogP contribution in [0.1, 0.15) is 16.9 Å². The molecule has 0 radical (unpaired) electrons. The Morgan fingerprint density at radius 1 is 1.55 bits per heavy atom. The molecule has 1 heterocycles. The van der Waals surface area contributed by atoms with E-state index in [1.165, 1.54) is 6.07 Å². The summed E-state index contributed by atoms with van der Waals surface area (Å²) in [5.41, 5.74) is 1.12. The maximum atomic E-state index is 10.7. The van der Waals surface area contributed by atoms with Gasteiger partial charge in [0.1, 0.15) is 5.76 Å². The lowest BCUT2D eigenvalue weighted by Gasteiger charge is -1.98. The third-order valence-electron chi connectivity index (χ3n) is 1.48. The molecule has 0 fully saturated rings. The first-order valence-electron chi connectivity index (χ1n) is 3.23. The van der Waals surface area contributed by atoms with Crippen LogP contribution in [-0.2, 0) is 0 Å². The van der Waals surface area contributed by atoms with Crippen molar-refractivity contribution >= 4 is 0 Å². The van der Waals surface area contributed by atoms with E-state index in [2.05, 4.69) is 5.92 Å². The summed E-state index contributed by atoms with van der Waals surface area (Å²) in [6, 6.07) is 1.39. The van der Waals surface area contributed by atoms with Crippen molar-refractivity contribution < 1.29 is 4.42 Å². The van der Waals surface area contributed by atoms with E-state index >= 15 is 0 Å². The highest BCUT2D eigenvalue weighted by molar-refractivity contribution is 5.39. The average Bonchev–Trinajstić information content (AvgIpc) is 1.85. The van der Waals surface area contributed by atoms with Gasteiger partial charge in [-0.1, -0.05) is 5.92 Å². The Balaban J connectivity index is 3.52. The Bertz CT molecular complexity index is 340. The van der Waals surface area contributed by atoms with E-state index in [-0.39, 0.29) is 5.63 Å². The second-order valence-electron chi connectivity index (χ2n) is 2.32. The zero-order chi connectivity index (χ0) is 8.43. The standard InChI is InChI=1S/C9H8O2/c1-4-8-6(2)5-9(10)11-7(8)3/h1,5H,2-3H3. The molecule has 1 rings (SSSR count). The molecule has 0 atom stereocenters. The summed E-state index contributed by atoms with van der Waals surface area (Å²) in [7, 11) is 0. The molecule has 0 aliphatic rings. The van der Waals surface area contributed by atoms with Gasteiger partial charge in [-0.05, 0) is 19.4 Å². The van der Waals surface area contributed by atoms with Gasteiger partial charge in [-0.3, -0.25) is 0 Å². The Kier molecular flexibility index (Phi) is 1.82. The van der Waals surface area contributed by atoms with Gasteiger partial charge in [-0.15, -0.1) is 6.42 Å². The topological polar surface area (TPSA) is 30.2 Å². The fourth-order valence-electron chi connectivity index (χ4n) is 0.973. The van der Waals surface area contributed by atoms with Crippen molar-refractivity contribution in [2.45, 2.75) is 13.8 Å². The summed E-state index contributed by atoms with van der Waals surface area (Å²) in [5, 5.41) is 0. The van der Waals surface area contributed by atoms with Gasteiger partial charge < -0.3 is 4.42 Å². The Morgan fingerprint density at radius 2 is 2.18 bits per heavy atom. The molecule has 1 aromatic heterocycles. The molecule has 0 aliphatic heterocycles. The van der Waals surface area contributed by atoms with E-state index in [0.717, 1.165) is 5.56 Å². The van der Waals surface area contributed by atoms with Gasteiger partial charge in [0, 0.05) is 6.07 Å². The summed E-state index contributed by atoms with van der Waals surface area (Å²) < 4.78 is 4.78. The van der Waals surface area contributed by atoms with Crippen molar-refractivity contribution in [2.24, 2.45) is 0 Å². The highest BCUT2D eigenvalue weighted by Crippen LogP contribution is 2.07. The van der Waals surface area contributed by atoms with E-state index in [1.54, 1.807) is 13.8 Å². The molecule has 11 heavy (non-hydrogen) atoms. The van der Waals surface area contributed by atoms with Crippen molar-refractivity contribution in [1.29, 1.82) is 0 Å². The fourth-order valence-corrected chi connectivity index (χ4v) is 0.973. The van der Waals surface area contributed by atoms with Gasteiger partial charge in [0.15, 0.2) is 0 Å². The molecule has 0 saturated carbocycles. The van der Waals surface area contributed by atoms with Crippen LogP contribution in [0.5, 0.6) is 0 Å². The van der Waals surface area contributed by atoms with Crippen LogP contribution < -0.4 is 5.63 Å². The number of hydrogen-bond acceptors (Lipinski definition) is 2. The lowest BCUT2D eigenvalue weighted by Crippen LogP contribution is -2.01. The first kappa shape index (κ1) is 7.62. The van der Waals surface area contributed by atoms with Crippen LogP contribution >= 0.6 is 0 Å². The quantitative estimate of drug-likeness (QED) is 0.518. The number of aryl methyl sites for hydroxylation is 2. The molecule has 0 saturated heterocycles. The minimum absolute atomic E-state index is 0.348. The number of rotatable bonds is 0. The van der Waals surface area contributed by atoms with E-state index in [1.807, 2.05) is 0 Å². The van der Waals surface area contributed by atoms with Crippen molar-refractivity contribution in [3.63, 3.8) is 0 Å².